The number of rotatable bonds is 6. The van der Waals surface area contributed by atoms with Crippen molar-refractivity contribution in [3.63, 3.8) is 0 Å². The maximum Gasteiger partial charge on any atom is 0.306 e. The summed E-state index contributed by atoms with van der Waals surface area (Å²) < 4.78 is 7.71. The average molecular weight is 433 g/mol. The SMILES string of the molecule is CCOC(=O)CC(c1cc(C=O)c2sccc2c1)c1cc(C#N)c2c(nnn2C)c1C. The molecule has 0 saturated carbocycles. The Morgan fingerprint density at radius 3 is 2.90 bits per heavy atom. The fraction of sp³-hybridized carbons (Fsp3) is 0.261. The lowest BCUT2D eigenvalue weighted by molar-refractivity contribution is -0.143. The molecule has 0 fully saturated rings. The van der Waals surface area contributed by atoms with Crippen molar-refractivity contribution >= 4 is 44.7 Å². The molecule has 2 aromatic carbocycles. The minimum Gasteiger partial charge on any atom is -0.466 e. The van der Waals surface area contributed by atoms with Gasteiger partial charge < -0.3 is 4.74 Å². The molecule has 0 N–H and O–H groups in total. The van der Waals surface area contributed by atoms with Gasteiger partial charge in [0.05, 0.1) is 18.6 Å². The monoisotopic (exact) mass is 432 g/mol. The number of benzene rings is 2. The third-order valence-corrected chi connectivity index (χ3v) is 6.45. The number of ether oxygens (including phenoxy) is 1. The highest BCUT2D eigenvalue weighted by Crippen LogP contribution is 2.37. The van der Waals surface area contributed by atoms with E-state index < -0.39 is 5.92 Å². The number of aryl methyl sites for hydroxylation is 2. The van der Waals surface area contributed by atoms with Crippen LogP contribution in [-0.2, 0) is 16.6 Å². The van der Waals surface area contributed by atoms with Gasteiger partial charge in [-0.05, 0) is 65.6 Å². The highest BCUT2D eigenvalue weighted by molar-refractivity contribution is 7.17. The van der Waals surface area contributed by atoms with Gasteiger partial charge in [0.25, 0.3) is 0 Å². The van der Waals surface area contributed by atoms with Crippen LogP contribution in [0.3, 0.4) is 0 Å². The summed E-state index contributed by atoms with van der Waals surface area (Å²) in [5.41, 5.74) is 4.74. The van der Waals surface area contributed by atoms with Gasteiger partial charge in [-0.1, -0.05) is 5.21 Å². The Bertz CT molecular complexity index is 1360. The minimum absolute atomic E-state index is 0.0826. The topological polar surface area (TPSA) is 97.9 Å². The molecule has 2 heterocycles. The molecule has 4 rings (SSSR count). The smallest absolute Gasteiger partial charge is 0.306 e. The number of aromatic nitrogens is 3. The second-order valence-electron chi connectivity index (χ2n) is 7.29. The molecule has 2 aromatic heterocycles. The van der Waals surface area contributed by atoms with E-state index in [-0.39, 0.29) is 19.0 Å². The fourth-order valence-electron chi connectivity index (χ4n) is 4.04. The Hall–Kier alpha value is -3.57. The third-order valence-electron chi connectivity index (χ3n) is 5.47. The number of hydrogen-bond donors (Lipinski definition) is 0. The maximum absolute atomic E-state index is 12.5. The number of hydrogen-bond acceptors (Lipinski definition) is 7. The molecule has 0 aliphatic rings. The van der Waals surface area contributed by atoms with Crippen LogP contribution < -0.4 is 0 Å². The summed E-state index contributed by atoms with van der Waals surface area (Å²) in [6, 6.07) is 9.79. The maximum atomic E-state index is 12.5. The van der Waals surface area contributed by atoms with Crippen molar-refractivity contribution < 1.29 is 14.3 Å². The van der Waals surface area contributed by atoms with Crippen LogP contribution in [0.2, 0.25) is 0 Å². The standard InChI is InChI=1S/C23H20N4O3S/c1-4-30-20(29)10-19(15-7-14-5-6-31-23(14)17(8-15)12-28)18-9-16(11-24)22-21(13(18)2)25-26-27(22)3/h5-9,12,19H,4,10H2,1-3H3. The summed E-state index contributed by atoms with van der Waals surface area (Å²) in [5.74, 6) is -0.747. The Morgan fingerprint density at radius 2 is 2.19 bits per heavy atom. The van der Waals surface area contributed by atoms with E-state index in [0.717, 1.165) is 33.1 Å². The molecule has 0 aliphatic carbocycles. The van der Waals surface area contributed by atoms with Crippen LogP contribution in [0.5, 0.6) is 0 Å². The van der Waals surface area contributed by atoms with Crippen molar-refractivity contribution in [2.45, 2.75) is 26.2 Å². The normalized spacial score (nSPS) is 12.1. The molecule has 0 aliphatic heterocycles. The number of nitriles is 1. The molecular weight excluding hydrogens is 412 g/mol. The lowest BCUT2D eigenvalue weighted by Gasteiger charge is -2.21. The zero-order chi connectivity index (χ0) is 22.1. The first-order valence-electron chi connectivity index (χ1n) is 9.83. The summed E-state index contributed by atoms with van der Waals surface area (Å²) in [6.45, 7) is 3.95. The van der Waals surface area contributed by atoms with E-state index in [1.165, 1.54) is 11.3 Å². The molecule has 4 aromatic rings. The zero-order valence-corrected chi connectivity index (χ0v) is 18.2. The van der Waals surface area contributed by atoms with Gasteiger partial charge >= 0.3 is 5.97 Å². The number of fused-ring (bicyclic) bond motifs is 2. The predicted molar refractivity (Wildman–Crippen MR) is 118 cm³/mol. The van der Waals surface area contributed by atoms with E-state index in [1.54, 1.807) is 24.7 Å². The van der Waals surface area contributed by atoms with Crippen LogP contribution in [0.1, 0.15) is 51.9 Å². The van der Waals surface area contributed by atoms with Crippen molar-refractivity contribution in [2.75, 3.05) is 6.61 Å². The van der Waals surface area contributed by atoms with Gasteiger partial charge in [0, 0.05) is 23.2 Å². The molecule has 0 amide bonds. The number of carbonyl (C=O) groups is 2. The zero-order valence-electron chi connectivity index (χ0n) is 17.4. The van der Waals surface area contributed by atoms with E-state index in [0.29, 0.717) is 22.2 Å². The van der Waals surface area contributed by atoms with Crippen molar-refractivity contribution in [1.29, 1.82) is 5.26 Å². The van der Waals surface area contributed by atoms with Crippen LogP contribution in [0, 0.1) is 18.3 Å². The van der Waals surface area contributed by atoms with Gasteiger partial charge in [-0.3, -0.25) is 9.59 Å². The van der Waals surface area contributed by atoms with Gasteiger partial charge in [-0.15, -0.1) is 16.4 Å². The van der Waals surface area contributed by atoms with Crippen molar-refractivity contribution in [3.8, 4) is 6.07 Å². The quantitative estimate of drug-likeness (QED) is 0.333. The molecule has 0 bridgehead atoms. The molecular formula is C23H20N4O3S. The van der Waals surface area contributed by atoms with Crippen LogP contribution in [0.25, 0.3) is 21.1 Å². The van der Waals surface area contributed by atoms with E-state index in [4.69, 9.17) is 4.74 Å². The molecule has 7 nitrogen and oxygen atoms in total. The Morgan fingerprint density at radius 1 is 1.39 bits per heavy atom. The van der Waals surface area contributed by atoms with Crippen molar-refractivity contribution in [3.05, 3.63) is 57.5 Å². The number of thiophene rings is 1. The molecule has 0 radical (unpaired) electrons. The number of carbonyl (C=O) groups excluding carboxylic acids is 2. The molecule has 0 saturated heterocycles. The first-order valence-corrected chi connectivity index (χ1v) is 10.7. The lowest BCUT2D eigenvalue weighted by Crippen LogP contribution is -2.13. The second kappa shape index (κ2) is 8.28. The highest BCUT2D eigenvalue weighted by atomic mass is 32.1. The molecule has 0 spiro atoms. The first-order chi connectivity index (χ1) is 15.0. The molecule has 8 heteroatoms. The number of nitrogens with zero attached hydrogens (tertiary/aromatic N) is 4. The fourth-order valence-corrected chi connectivity index (χ4v) is 4.90. The lowest BCUT2D eigenvalue weighted by atomic mass is 9.83. The molecule has 156 valence electrons. The summed E-state index contributed by atoms with van der Waals surface area (Å²) >= 11 is 1.50. The average Bonchev–Trinajstić information content (AvgIpc) is 3.39. The van der Waals surface area contributed by atoms with Crippen molar-refractivity contribution in [2.24, 2.45) is 7.05 Å². The Labute approximate surface area is 182 Å². The van der Waals surface area contributed by atoms with Gasteiger partial charge in [0.15, 0.2) is 6.29 Å². The van der Waals surface area contributed by atoms with Crippen LogP contribution in [-0.4, -0.2) is 33.9 Å². The van der Waals surface area contributed by atoms with Gasteiger partial charge in [0.2, 0.25) is 0 Å². The molecule has 1 unspecified atom stereocenters. The van der Waals surface area contributed by atoms with E-state index in [2.05, 4.69) is 16.4 Å². The summed E-state index contributed by atoms with van der Waals surface area (Å²) in [6.07, 6.45) is 0.919. The van der Waals surface area contributed by atoms with Gasteiger partial charge in [0.1, 0.15) is 17.1 Å². The van der Waals surface area contributed by atoms with Gasteiger partial charge in [-0.25, -0.2) is 4.68 Å². The van der Waals surface area contributed by atoms with Crippen LogP contribution >= 0.6 is 11.3 Å². The van der Waals surface area contributed by atoms with Crippen LogP contribution in [0.4, 0.5) is 0 Å². The summed E-state index contributed by atoms with van der Waals surface area (Å²) in [7, 11) is 1.74. The summed E-state index contributed by atoms with van der Waals surface area (Å²) in [5, 5.41) is 20.9. The Balaban J connectivity index is 1.97. The number of aldehydes is 1. The first kappa shape index (κ1) is 20.7. The van der Waals surface area contributed by atoms with Gasteiger partial charge in [-0.2, -0.15) is 5.26 Å². The number of esters is 1. The molecule has 1 atom stereocenters. The molecule has 31 heavy (non-hydrogen) atoms. The van der Waals surface area contributed by atoms with E-state index in [1.807, 2.05) is 30.5 Å². The third kappa shape index (κ3) is 3.57. The highest BCUT2D eigenvalue weighted by Gasteiger charge is 2.25. The predicted octanol–water partition coefficient (Wildman–Crippen LogP) is 4.26. The largest absolute Gasteiger partial charge is 0.466 e. The van der Waals surface area contributed by atoms with E-state index in [9.17, 15) is 14.9 Å². The van der Waals surface area contributed by atoms with E-state index >= 15 is 0 Å². The van der Waals surface area contributed by atoms with Crippen molar-refractivity contribution in [1.82, 2.24) is 15.0 Å². The second-order valence-corrected chi connectivity index (χ2v) is 8.21. The Kier molecular flexibility index (Phi) is 5.53. The summed E-state index contributed by atoms with van der Waals surface area (Å²) in [4.78, 5) is 24.3. The minimum atomic E-state index is -0.402. The van der Waals surface area contributed by atoms with Crippen LogP contribution in [0.15, 0.2) is 29.6 Å².